The van der Waals surface area contributed by atoms with Crippen molar-refractivity contribution in [1.82, 2.24) is 25.3 Å². The van der Waals surface area contributed by atoms with Gasteiger partial charge in [0.15, 0.2) is 0 Å². The number of carbonyl (C=O) groups excluding carboxylic acids is 1. The van der Waals surface area contributed by atoms with E-state index < -0.39 is 0 Å². The third-order valence-electron chi connectivity index (χ3n) is 4.36. The van der Waals surface area contributed by atoms with Crippen LogP contribution in [0, 0.1) is 0 Å². The van der Waals surface area contributed by atoms with Gasteiger partial charge in [0.05, 0.1) is 16.8 Å². The summed E-state index contributed by atoms with van der Waals surface area (Å²) in [6.07, 6.45) is 5.68. The molecule has 1 saturated heterocycles. The van der Waals surface area contributed by atoms with E-state index in [2.05, 4.69) is 25.3 Å². The Morgan fingerprint density at radius 2 is 2.25 bits per heavy atom. The average molecular weight is 348 g/mol. The number of aromatic nitrogens is 3. The summed E-state index contributed by atoms with van der Waals surface area (Å²) in [5.74, 6) is 0.368. The maximum Gasteiger partial charge on any atom is 0.292 e. The lowest BCUT2D eigenvalue weighted by molar-refractivity contribution is 0.0937. The zero-order valence-corrected chi connectivity index (χ0v) is 13.9. The Balaban J connectivity index is 1.45. The Labute approximate surface area is 144 Å². The molecule has 0 unspecified atom stereocenters. The van der Waals surface area contributed by atoms with Crippen LogP contribution in [0.3, 0.4) is 0 Å². The molecular weight excluding hydrogens is 330 g/mol. The highest BCUT2D eigenvalue weighted by atomic mass is 35.5. The van der Waals surface area contributed by atoms with Crippen molar-refractivity contribution >= 4 is 17.5 Å². The van der Waals surface area contributed by atoms with Gasteiger partial charge in [0.2, 0.25) is 5.89 Å². The number of hydrogen-bond donors (Lipinski definition) is 1. The molecule has 0 radical (unpaired) electrons. The van der Waals surface area contributed by atoms with E-state index in [-0.39, 0.29) is 23.8 Å². The lowest BCUT2D eigenvalue weighted by Crippen LogP contribution is -2.27. The second-order valence-electron chi connectivity index (χ2n) is 6.30. The van der Waals surface area contributed by atoms with Gasteiger partial charge in [-0.15, -0.1) is 0 Å². The molecule has 8 heteroatoms. The Bertz CT molecular complexity index is 728. The van der Waals surface area contributed by atoms with Gasteiger partial charge in [-0.25, -0.2) is 0 Å². The van der Waals surface area contributed by atoms with Gasteiger partial charge in [-0.3, -0.25) is 14.7 Å². The SMILES string of the molecule is O=C(NC1CC1)c1noc([C@@H]2CCCN2Cc2ccc(Cl)cn2)n1. The minimum Gasteiger partial charge on any atom is -0.346 e. The summed E-state index contributed by atoms with van der Waals surface area (Å²) in [7, 11) is 0. The van der Waals surface area contributed by atoms with Crippen LogP contribution in [0.4, 0.5) is 0 Å². The number of hydrogen-bond acceptors (Lipinski definition) is 6. The molecule has 0 bridgehead atoms. The standard InChI is InChI=1S/C16H18ClN5O2/c17-10-3-4-12(18-8-10)9-22-7-1-2-13(22)16-20-14(21-24-16)15(23)19-11-5-6-11/h3-4,8,11,13H,1-2,5-7,9H2,(H,19,23)/t13-/m0/s1. The van der Waals surface area contributed by atoms with Gasteiger partial charge < -0.3 is 9.84 Å². The van der Waals surface area contributed by atoms with E-state index in [9.17, 15) is 4.79 Å². The minimum atomic E-state index is -0.253. The maximum atomic E-state index is 12.0. The number of nitrogens with zero attached hydrogens (tertiary/aromatic N) is 4. The maximum absolute atomic E-state index is 12.0. The molecule has 3 heterocycles. The van der Waals surface area contributed by atoms with E-state index in [1.807, 2.05) is 12.1 Å². The van der Waals surface area contributed by atoms with Crippen LogP contribution in [0.2, 0.25) is 5.02 Å². The zero-order chi connectivity index (χ0) is 16.5. The van der Waals surface area contributed by atoms with Crippen LogP contribution < -0.4 is 5.32 Å². The Morgan fingerprint density at radius 3 is 3.00 bits per heavy atom. The molecule has 1 N–H and O–H groups in total. The fourth-order valence-electron chi connectivity index (χ4n) is 2.94. The average Bonchev–Trinajstić information content (AvgIpc) is 3.08. The number of rotatable bonds is 5. The molecule has 2 aromatic heterocycles. The molecule has 1 aliphatic carbocycles. The lowest BCUT2D eigenvalue weighted by Gasteiger charge is -2.20. The number of pyridine rings is 1. The first-order valence-electron chi connectivity index (χ1n) is 8.18. The van der Waals surface area contributed by atoms with Gasteiger partial charge in [0, 0.05) is 18.8 Å². The number of carbonyl (C=O) groups is 1. The molecule has 1 atom stereocenters. The highest BCUT2D eigenvalue weighted by molar-refractivity contribution is 6.30. The second kappa shape index (κ2) is 6.49. The van der Waals surface area contributed by atoms with Crippen LogP contribution in [0.15, 0.2) is 22.9 Å². The van der Waals surface area contributed by atoms with Gasteiger partial charge in [-0.1, -0.05) is 16.8 Å². The molecule has 126 valence electrons. The number of amides is 1. The molecule has 24 heavy (non-hydrogen) atoms. The Hall–Kier alpha value is -1.99. The zero-order valence-electron chi connectivity index (χ0n) is 13.1. The van der Waals surface area contributed by atoms with E-state index in [0.29, 0.717) is 17.5 Å². The quantitative estimate of drug-likeness (QED) is 0.893. The number of nitrogens with one attached hydrogen (secondary N) is 1. The van der Waals surface area contributed by atoms with E-state index in [4.69, 9.17) is 16.1 Å². The van der Waals surface area contributed by atoms with Crippen molar-refractivity contribution in [2.24, 2.45) is 0 Å². The van der Waals surface area contributed by atoms with Crippen LogP contribution in [0.25, 0.3) is 0 Å². The normalized spacial score (nSPS) is 21.1. The van der Waals surface area contributed by atoms with Gasteiger partial charge in [-0.2, -0.15) is 4.98 Å². The first-order valence-corrected chi connectivity index (χ1v) is 8.56. The molecule has 2 aromatic rings. The van der Waals surface area contributed by atoms with Gasteiger partial charge in [-0.05, 0) is 44.4 Å². The summed E-state index contributed by atoms with van der Waals surface area (Å²) >= 11 is 5.88. The highest BCUT2D eigenvalue weighted by Gasteiger charge is 2.32. The number of likely N-dealkylation sites (tertiary alicyclic amines) is 1. The van der Waals surface area contributed by atoms with Crippen LogP contribution in [-0.2, 0) is 6.54 Å². The predicted octanol–water partition coefficient (Wildman–Crippen LogP) is 2.35. The topological polar surface area (TPSA) is 84.2 Å². The smallest absolute Gasteiger partial charge is 0.292 e. The third-order valence-corrected chi connectivity index (χ3v) is 4.58. The molecule has 1 amide bonds. The molecule has 0 spiro atoms. The second-order valence-corrected chi connectivity index (χ2v) is 6.74. The predicted molar refractivity (Wildman–Crippen MR) is 86.4 cm³/mol. The summed E-state index contributed by atoms with van der Waals surface area (Å²) in [5, 5.41) is 7.33. The van der Waals surface area contributed by atoms with E-state index in [0.717, 1.165) is 37.9 Å². The van der Waals surface area contributed by atoms with Crippen molar-refractivity contribution in [3.05, 3.63) is 40.8 Å². The van der Waals surface area contributed by atoms with E-state index in [1.165, 1.54) is 0 Å². The molecule has 1 saturated carbocycles. The van der Waals surface area contributed by atoms with Crippen molar-refractivity contribution in [2.45, 2.75) is 44.3 Å². The van der Waals surface area contributed by atoms with Crippen molar-refractivity contribution < 1.29 is 9.32 Å². The summed E-state index contributed by atoms with van der Waals surface area (Å²) < 4.78 is 5.35. The first kappa shape index (κ1) is 15.5. The Morgan fingerprint density at radius 1 is 1.38 bits per heavy atom. The van der Waals surface area contributed by atoms with Crippen molar-refractivity contribution in [3.63, 3.8) is 0 Å². The highest BCUT2D eigenvalue weighted by Crippen LogP contribution is 2.32. The van der Waals surface area contributed by atoms with E-state index >= 15 is 0 Å². The minimum absolute atomic E-state index is 0.0254. The summed E-state index contributed by atoms with van der Waals surface area (Å²) in [5.41, 5.74) is 0.942. The van der Waals surface area contributed by atoms with Crippen molar-refractivity contribution in [2.75, 3.05) is 6.54 Å². The van der Waals surface area contributed by atoms with Crippen LogP contribution >= 0.6 is 11.6 Å². The fraction of sp³-hybridized carbons (Fsp3) is 0.500. The number of halogens is 1. The monoisotopic (exact) mass is 347 g/mol. The van der Waals surface area contributed by atoms with Gasteiger partial charge in [0.1, 0.15) is 0 Å². The molecule has 0 aromatic carbocycles. The van der Waals surface area contributed by atoms with Gasteiger partial charge in [0.25, 0.3) is 11.7 Å². The van der Waals surface area contributed by atoms with E-state index in [1.54, 1.807) is 6.20 Å². The molecule has 7 nitrogen and oxygen atoms in total. The third kappa shape index (κ3) is 3.42. The summed E-state index contributed by atoms with van der Waals surface area (Å²) in [6, 6.07) is 4.05. The van der Waals surface area contributed by atoms with Gasteiger partial charge >= 0.3 is 0 Å². The van der Waals surface area contributed by atoms with Crippen LogP contribution in [-0.4, -0.2) is 38.5 Å². The summed E-state index contributed by atoms with van der Waals surface area (Å²) in [6.45, 7) is 1.62. The van der Waals surface area contributed by atoms with Crippen LogP contribution in [0.1, 0.15) is 53.9 Å². The van der Waals surface area contributed by atoms with Crippen molar-refractivity contribution in [3.8, 4) is 0 Å². The molecular formula is C16H18ClN5O2. The first-order chi connectivity index (χ1) is 11.7. The molecule has 4 rings (SSSR count). The van der Waals surface area contributed by atoms with Crippen LogP contribution in [0.5, 0.6) is 0 Å². The molecule has 2 fully saturated rings. The molecule has 2 aliphatic rings. The lowest BCUT2D eigenvalue weighted by atomic mass is 10.2. The summed E-state index contributed by atoms with van der Waals surface area (Å²) in [4.78, 5) is 22.9. The molecule has 1 aliphatic heterocycles. The largest absolute Gasteiger partial charge is 0.346 e. The fourth-order valence-corrected chi connectivity index (χ4v) is 3.06. The Kier molecular flexibility index (Phi) is 4.20. The van der Waals surface area contributed by atoms with Crippen molar-refractivity contribution in [1.29, 1.82) is 0 Å².